The van der Waals surface area contributed by atoms with Crippen LogP contribution in [0.25, 0.3) is 0 Å². The van der Waals surface area contributed by atoms with Gasteiger partial charge in [-0.15, -0.1) is 0 Å². The number of carbonyl (C=O) groups excluding carboxylic acids is 1. The Labute approximate surface area is 121 Å². The third kappa shape index (κ3) is 2.73. The molecule has 0 atom stereocenters. The fourth-order valence-corrected chi connectivity index (χ4v) is 3.59. The van der Waals surface area contributed by atoms with Crippen LogP contribution >= 0.6 is 0 Å². The van der Waals surface area contributed by atoms with Crippen molar-refractivity contribution in [1.29, 1.82) is 0 Å². The van der Waals surface area contributed by atoms with Crippen molar-refractivity contribution < 1.29 is 9.53 Å². The lowest BCUT2D eigenvalue weighted by molar-refractivity contribution is -0.120. The molecule has 3 fully saturated rings. The highest BCUT2D eigenvalue weighted by atomic mass is 16.5. The zero-order valence-electron chi connectivity index (χ0n) is 12.5. The van der Waals surface area contributed by atoms with E-state index in [0.29, 0.717) is 17.6 Å². The van der Waals surface area contributed by atoms with Gasteiger partial charge in [0, 0.05) is 5.54 Å². The molecule has 2 N–H and O–H groups in total. The summed E-state index contributed by atoms with van der Waals surface area (Å²) in [6.07, 6.45) is 6.99. The maximum atomic E-state index is 10.3. The van der Waals surface area contributed by atoms with E-state index >= 15 is 0 Å². The molecule has 3 aliphatic carbocycles. The first-order valence-corrected chi connectivity index (χ1v) is 7.66. The average molecular weight is 275 g/mol. The second kappa shape index (κ2) is 5.96. The van der Waals surface area contributed by atoms with Crippen molar-refractivity contribution >= 4 is 6.47 Å². The Kier molecular flexibility index (Phi) is 4.48. The normalized spacial score (nSPS) is 31.1. The van der Waals surface area contributed by atoms with Crippen molar-refractivity contribution in [1.82, 2.24) is 0 Å². The number of hydrogen-bond acceptors (Lipinski definition) is 3. The molecule has 20 heavy (non-hydrogen) atoms. The molecule has 3 heteroatoms. The smallest absolute Gasteiger partial charge is 0.298 e. The van der Waals surface area contributed by atoms with Crippen LogP contribution < -0.4 is 10.5 Å². The molecule has 0 heterocycles. The largest absolute Gasteiger partial charge is 0.429 e. The van der Waals surface area contributed by atoms with Crippen LogP contribution in [-0.2, 0) is 10.2 Å². The van der Waals surface area contributed by atoms with Crippen molar-refractivity contribution in [3.8, 4) is 5.75 Å². The van der Waals surface area contributed by atoms with Crippen LogP contribution in [-0.4, -0.2) is 12.0 Å². The van der Waals surface area contributed by atoms with Crippen LogP contribution in [0.4, 0.5) is 0 Å². The summed E-state index contributed by atoms with van der Waals surface area (Å²) in [6, 6.07) is 7.98. The third-order valence-electron chi connectivity index (χ3n) is 4.96. The van der Waals surface area contributed by atoms with E-state index in [4.69, 9.17) is 10.5 Å². The zero-order chi connectivity index (χ0) is 14.6. The molecule has 110 valence electrons. The lowest BCUT2D eigenvalue weighted by atomic mass is 9.55. The molecule has 0 aromatic heterocycles. The standard InChI is InChI=1S/C15H19NO2.C2H6/c16-15-8-5-14(6-9-15,7-10-15)12-1-3-13(4-2-12)18-11-17;1-2/h1-4,11H,5-10,16H2;1-2H3. The molecule has 0 saturated heterocycles. The van der Waals surface area contributed by atoms with Gasteiger partial charge < -0.3 is 10.5 Å². The number of benzene rings is 1. The highest BCUT2D eigenvalue weighted by Gasteiger charge is 2.47. The van der Waals surface area contributed by atoms with E-state index in [-0.39, 0.29) is 5.54 Å². The van der Waals surface area contributed by atoms with Gasteiger partial charge in [0.25, 0.3) is 6.47 Å². The molecule has 0 spiro atoms. The van der Waals surface area contributed by atoms with E-state index in [0.717, 1.165) is 19.3 Å². The van der Waals surface area contributed by atoms with Gasteiger partial charge in [0.15, 0.2) is 0 Å². The van der Waals surface area contributed by atoms with E-state index in [1.807, 2.05) is 26.0 Å². The molecule has 1 aromatic rings. The van der Waals surface area contributed by atoms with Gasteiger partial charge in [-0.1, -0.05) is 26.0 Å². The zero-order valence-corrected chi connectivity index (χ0v) is 12.5. The SMILES string of the molecule is CC.NC12CCC(c3ccc(OC=O)cc3)(CC1)CC2. The van der Waals surface area contributed by atoms with Crippen molar-refractivity contribution in [3.63, 3.8) is 0 Å². The topological polar surface area (TPSA) is 52.3 Å². The van der Waals surface area contributed by atoms with E-state index in [2.05, 4.69) is 12.1 Å². The monoisotopic (exact) mass is 275 g/mol. The molecule has 2 bridgehead atoms. The first-order valence-electron chi connectivity index (χ1n) is 7.66. The van der Waals surface area contributed by atoms with Gasteiger partial charge in [-0.25, -0.2) is 0 Å². The van der Waals surface area contributed by atoms with Crippen molar-refractivity contribution in [2.75, 3.05) is 0 Å². The van der Waals surface area contributed by atoms with Gasteiger partial charge in [0.05, 0.1) is 0 Å². The fourth-order valence-electron chi connectivity index (χ4n) is 3.59. The highest BCUT2D eigenvalue weighted by Crippen LogP contribution is 2.52. The van der Waals surface area contributed by atoms with Crippen molar-refractivity contribution in [3.05, 3.63) is 29.8 Å². The van der Waals surface area contributed by atoms with Gasteiger partial charge >= 0.3 is 0 Å². The van der Waals surface area contributed by atoms with Crippen molar-refractivity contribution in [2.24, 2.45) is 5.73 Å². The summed E-state index contributed by atoms with van der Waals surface area (Å²) in [5.74, 6) is 0.616. The summed E-state index contributed by atoms with van der Waals surface area (Å²) in [4.78, 5) is 10.3. The van der Waals surface area contributed by atoms with E-state index < -0.39 is 0 Å². The second-order valence-electron chi connectivity index (χ2n) is 5.88. The van der Waals surface area contributed by atoms with Gasteiger partial charge in [-0.05, 0) is 61.6 Å². The molecule has 0 aliphatic heterocycles. The summed E-state index contributed by atoms with van der Waals surface area (Å²) in [7, 11) is 0. The summed E-state index contributed by atoms with van der Waals surface area (Å²) in [5.41, 5.74) is 8.15. The van der Waals surface area contributed by atoms with Crippen LogP contribution in [0.2, 0.25) is 0 Å². The first-order chi connectivity index (χ1) is 9.66. The number of ether oxygens (including phenoxy) is 1. The number of hydrogen-bond donors (Lipinski definition) is 1. The van der Waals surface area contributed by atoms with Crippen LogP contribution in [0.3, 0.4) is 0 Å². The highest BCUT2D eigenvalue weighted by molar-refractivity contribution is 5.46. The van der Waals surface area contributed by atoms with Crippen molar-refractivity contribution in [2.45, 2.75) is 63.3 Å². The minimum absolute atomic E-state index is 0.113. The van der Waals surface area contributed by atoms with Gasteiger partial charge in [0.2, 0.25) is 0 Å². The Morgan fingerprint density at radius 2 is 1.50 bits per heavy atom. The van der Waals surface area contributed by atoms with Crippen LogP contribution in [0.1, 0.15) is 57.9 Å². The van der Waals surface area contributed by atoms with Crippen LogP contribution in [0.5, 0.6) is 5.75 Å². The molecule has 1 aromatic carbocycles. The molecule has 3 saturated carbocycles. The number of rotatable bonds is 3. The molecule has 0 unspecified atom stereocenters. The van der Waals surface area contributed by atoms with Gasteiger partial charge in [-0.2, -0.15) is 0 Å². The fraction of sp³-hybridized carbons (Fsp3) is 0.588. The lowest BCUT2D eigenvalue weighted by Gasteiger charge is -2.52. The van der Waals surface area contributed by atoms with Gasteiger partial charge in [-0.3, -0.25) is 4.79 Å². The molecule has 3 nitrogen and oxygen atoms in total. The Bertz CT molecular complexity index is 428. The maximum Gasteiger partial charge on any atom is 0.298 e. The number of fused-ring (bicyclic) bond motifs is 3. The van der Waals surface area contributed by atoms with E-state index in [9.17, 15) is 4.79 Å². The molecule has 3 aliphatic rings. The Morgan fingerprint density at radius 1 is 1.00 bits per heavy atom. The summed E-state index contributed by atoms with van der Waals surface area (Å²) >= 11 is 0. The van der Waals surface area contributed by atoms with E-state index in [1.165, 1.54) is 24.8 Å². The quantitative estimate of drug-likeness (QED) is 0.858. The van der Waals surface area contributed by atoms with Crippen LogP contribution in [0.15, 0.2) is 24.3 Å². The molecular weight excluding hydrogens is 250 g/mol. The molecule has 4 rings (SSSR count). The predicted octanol–water partition coefficient (Wildman–Crippen LogP) is 3.55. The third-order valence-corrected chi connectivity index (χ3v) is 4.96. The maximum absolute atomic E-state index is 10.3. The summed E-state index contributed by atoms with van der Waals surface area (Å²) in [5, 5.41) is 0. The molecular formula is C17H25NO2. The average Bonchev–Trinajstić information content (AvgIpc) is 2.52. The second-order valence-corrected chi connectivity index (χ2v) is 5.88. The Balaban J connectivity index is 0.000000704. The number of nitrogens with two attached hydrogens (primary N) is 1. The van der Waals surface area contributed by atoms with Crippen LogP contribution in [0, 0.1) is 0 Å². The lowest BCUT2D eigenvalue weighted by Crippen LogP contribution is -2.53. The van der Waals surface area contributed by atoms with Gasteiger partial charge in [0.1, 0.15) is 5.75 Å². The molecule has 0 amide bonds. The number of carbonyl (C=O) groups is 1. The summed E-state index contributed by atoms with van der Waals surface area (Å²) in [6.45, 7) is 4.47. The Hall–Kier alpha value is -1.35. The minimum atomic E-state index is 0.113. The first kappa shape index (κ1) is 15.0. The minimum Gasteiger partial charge on any atom is -0.429 e. The summed E-state index contributed by atoms with van der Waals surface area (Å²) < 4.78 is 4.84. The Morgan fingerprint density at radius 3 is 1.95 bits per heavy atom. The predicted molar refractivity (Wildman–Crippen MR) is 80.8 cm³/mol. The molecule has 0 radical (unpaired) electrons. The van der Waals surface area contributed by atoms with E-state index in [1.54, 1.807) is 0 Å².